The lowest BCUT2D eigenvalue weighted by Crippen LogP contribution is -2.17. The molecule has 0 amide bonds. The van der Waals surface area contributed by atoms with Crippen molar-refractivity contribution in [3.05, 3.63) is 52.3 Å². The topological polar surface area (TPSA) is 76.2 Å². The van der Waals surface area contributed by atoms with Crippen molar-refractivity contribution in [3.63, 3.8) is 0 Å². The maximum atomic E-state index is 11.7. The molecule has 1 aromatic heterocycles. The van der Waals surface area contributed by atoms with Crippen LogP contribution >= 0.6 is 24.8 Å². The van der Waals surface area contributed by atoms with E-state index in [0.29, 0.717) is 12.5 Å². The third kappa shape index (κ3) is 5.68. The van der Waals surface area contributed by atoms with Crippen molar-refractivity contribution in [1.29, 1.82) is 0 Å². The molecule has 0 bridgehead atoms. The first kappa shape index (κ1) is 25.4. The summed E-state index contributed by atoms with van der Waals surface area (Å²) in [4.78, 5) is 16.4. The zero-order valence-electron chi connectivity index (χ0n) is 16.6. The SMILES string of the molecule is Cc1ccc(-c2c(CN)c(CC(C)C)nc(C)c2C(C)C(=O)O)cc1.Cl.Cl. The van der Waals surface area contributed by atoms with E-state index in [1.807, 2.05) is 38.1 Å². The molecule has 6 heteroatoms. The highest BCUT2D eigenvalue weighted by atomic mass is 35.5. The van der Waals surface area contributed by atoms with Gasteiger partial charge in [-0.15, -0.1) is 24.8 Å². The zero-order chi connectivity index (χ0) is 18.7. The Balaban J connectivity index is 0.00000338. The Kier molecular flexibility index (Phi) is 10.0. The molecule has 0 aliphatic carbocycles. The minimum atomic E-state index is -0.849. The number of halogens is 2. The molecule has 150 valence electrons. The van der Waals surface area contributed by atoms with Gasteiger partial charge in [-0.1, -0.05) is 43.7 Å². The number of nitrogens with two attached hydrogens (primary N) is 1. The van der Waals surface area contributed by atoms with E-state index in [9.17, 15) is 9.90 Å². The number of aromatic nitrogens is 1. The molecule has 2 rings (SSSR count). The maximum absolute atomic E-state index is 11.7. The van der Waals surface area contributed by atoms with E-state index in [1.54, 1.807) is 6.92 Å². The van der Waals surface area contributed by atoms with Crippen molar-refractivity contribution in [2.75, 3.05) is 0 Å². The Morgan fingerprint density at radius 1 is 1.11 bits per heavy atom. The van der Waals surface area contributed by atoms with E-state index in [4.69, 9.17) is 10.7 Å². The number of pyridine rings is 1. The number of hydrogen-bond acceptors (Lipinski definition) is 3. The summed E-state index contributed by atoms with van der Waals surface area (Å²) in [5.41, 5.74) is 12.7. The van der Waals surface area contributed by atoms with Gasteiger partial charge in [0.2, 0.25) is 0 Å². The Morgan fingerprint density at radius 2 is 1.67 bits per heavy atom. The second-order valence-corrected chi connectivity index (χ2v) is 7.14. The van der Waals surface area contributed by atoms with Crippen molar-refractivity contribution >= 4 is 30.8 Å². The summed E-state index contributed by atoms with van der Waals surface area (Å²) in [6.45, 7) is 10.3. The summed E-state index contributed by atoms with van der Waals surface area (Å²) < 4.78 is 0. The monoisotopic (exact) mass is 412 g/mol. The highest BCUT2D eigenvalue weighted by molar-refractivity contribution is 5.85. The molecular weight excluding hydrogens is 383 g/mol. The van der Waals surface area contributed by atoms with Crippen molar-refractivity contribution in [2.24, 2.45) is 11.7 Å². The quantitative estimate of drug-likeness (QED) is 0.695. The van der Waals surface area contributed by atoms with Crippen LogP contribution in [0.4, 0.5) is 0 Å². The van der Waals surface area contributed by atoms with Crippen LogP contribution in [0.5, 0.6) is 0 Å². The largest absolute Gasteiger partial charge is 0.481 e. The number of nitrogens with zero attached hydrogens (tertiary/aromatic N) is 1. The summed E-state index contributed by atoms with van der Waals surface area (Å²) in [7, 11) is 0. The van der Waals surface area contributed by atoms with E-state index >= 15 is 0 Å². The molecule has 1 heterocycles. The predicted molar refractivity (Wildman–Crippen MR) is 116 cm³/mol. The van der Waals surface area contributed by atoms with Gasteiger partial charge in [0.1, 0.15) is 0 Å². The van der Waals surface area contributed by atoms with Gasteiger partial charge in [-0.2, -0.15) is 0 Å². The van der Waals surface area contributed by atoms with Crippen molar-refractivity contribution in [1.82, 2.24) is 4.98 Å². The number of carbonyl (C=O) groups is 1. The van der Waals surface area contributed by atoms with Crippen LogP contribution in [-0.4, -0.2) is 16.1 Å². The molecular formula is C21H30Cl2N2O2. The molecule has 0 aliphatic rings. The van der Waals surface area contributed by atoms with E-state index in [0.717, 1.165) is 40.1 Å². The molecule has 1 unspecified atom stereocenters. The van der Waals surface area contributed by atoms with Gasteiger partial charge in [0.05, 0.1) is 5.92 Å². The van der Waals surface area contributed by atoms with Gasteiger partial charge in [-0.25, -0.2) is 0 Å². The molecule has 2 aromatic rings. The fourth-order valence-corrected chi connectivity index (χ4v) is 3.30. The van der Waals surface area contributed by atoms with Crippen LogP contribution in [0.15, 0.2) is 24.3 Å². The number of aliphatic carboxylic acids is 1. The fraction of sp³-hybridized carbons (Fsp3) is 0.429. The number of aryl methyl sites for hydroxylation is 2. The average molecular weight is 413 g/mol. The molecule has 0 saturated heterocycles. The summed E-state index contributed by atoms with van der Waals surface area (Å²) in [6, 6.07) is 8.17. The lowest BCUT2D eigenvalue weighted by atomic mass is 9.85. The van der Waals surface area contributed by atoms with Gasteiger partial charge >= 0.3 is 5.97 Å². The highest BCUT2D eigenvalue weighted by Crippen LogP contribution is 2.36. The van der Waals surface area contributed by atoms with Gasteiger partial charge in [0, 0.05) is 17.9 Å². The molecule has 0 fully saturated rings. The number of carboxylic acids is 1. The Morgan fingerprint density at radius 3 is 2.11 bits per heavy atom. The van der Waals surface area contributed by atoms with E-state index in [1.165, 1.54) is 5.56 Å². The minimum Gasteiger partial charge on any atom is -0.481 e. The van der Waals surface area contributed by atoms with Gasteiger partial charge in [-0.3, -0.25) is 9.78 Å². The Labute approximate surface area is 174 Å². The number of carboxylic acid groups (broad SMARTS) is 1. The molecule has 4 nitrogen and oxygen atoms in total. The van der Waals surface area contributed by atoms with E-state index in [2.05, 4.69) is 13.8 Å². The lowest BCUT2D eigenvalue weighted by molar-refractivity contribution is -0.138. The van der Waals surface area contributed by atoms with Crippen LogP contribution in [0.1, 0.15) is 54.8 Å². The first-order valence-electron chi connectivity index (χ1n) is 8.78. The van der Waals surface area contributed by atoms with Crippen LogP contribution in [-0.2, 0) is 17.8 Å². The molecule has 0 saturated carbocycles. The molecule has 1 aromatic carbocycles. The molecule has 27 heavy (non-hydrogen) atoms. The summed E-state index contributed by atoms with van der Waals surface area (Å²) >= 11 is 0. The highest BCUT2D eigenvalue weighted by Gasteiger charge is 2.25. The maximum Gasteiger partial charge on any atom is 0.310 e. The van der Waals surface area contributed by atoms with Crippen molar-refractivity contribution in [2.45, 2.75) is 53.5 Å². The Hall–Kier alpha value is -1.62. The summed E-state index contributed by atoms with van der Waals surface area (Å²) in [5, 5.41) is 9.59. The molecule has 0 radical (unpaired) electrons. The summed E-state index contributed by atoms with van der Waals surface area (Å²) in [5.74, 6) is -1.04. The van der Waals surface area contributed by atoms with Crippen LogP contribution < -0.4 is 5.73 Å². The van der Waals surface area contributed by atoms with E-state index < -0.39 is 11.9 Å². The molecule has 0 aliphatic heterocycles. The zero-order valence-corrected chi connectivity index (χ0v) is 18.2. The standard InChI is InChI=1S/C21H28N2O2.2ClH/c1-12(2)10-18-17(11-22)20(16-8-6-13(3)7-9-16)19(15(5)23-18)14(4)21(24)25;;/h6-9,12,14H,10-11,22H2,1-5H3,(H,24,25);2*1H. The summed E-state index contributed by atoms with van der Waals surface area (Å²) in [6.07, 6.45) is 0.827. The van der Waals surface area contributed by atoms with Gasteiger partial charge in [0.15, 0.2) is 0 Å². The second-order valence-electron chi connectivity index (χ2n) is 7.14. The Bertz CT molecular complexity index is 775. The third-order valence-electron chi connectivity index (χ3n) is 4.56. The predicted octanol–water partition coefficient (Wildman–Crippen LogP) is 5.05. The number of rotatable bonds is 6. The van der Waals surface area contributed by atoms with Gasteiger partial charge in [-0.05, 0) is 55.4 Å². The van der Waals surface area contributed by atoms with Crippen molar-refractivity contribution in [3.8, 4) is 11.1 Å². The van der Waals surface area contributed by atoms with Crippen LogP contribution in [0.2, 0.25) is 0 Å². The fourth-order valence-electron chi connectivity index (χ4n) is 3.30. The number of hydrogen-bond donors (Lipinski definition) is 2. The van der Waals surface area contributed by atoms with Crippen LogP contribution in [0.25, 0.3) is 11.1 Å². The third-order valence-corrected chi connectivity index (χ3v) is 4.56. The van der Waals surface area contributed by atoms with Crippen LogP contribution in [0, 0.1) is 19.8 Å². The molecule has 3 N–H and O–H groups in total. The average Bonchev–Trinajstić information content (AvgIpc) is 2.54. The number of benzene rings is 1. The second kappa shape index (κ2) is 10.6. The first-order valence-corrected chi connectivity index (χ1v) is 8.78. The van der Waals surface area contributed by atoms with E-state index in [-0.39, 0.29) is 24.8 Å². The first-order chi connectivity index (χ1) is 11.8. The smallest absolute Gasteiger partial charge is 0.310 e. The lowest BCUT2D eigenvalue weighted by Gasteiger charge is -2.23. The van der Waals surface area contributed by atoms with Crippen molar-refractivity contribution < 1.29 is 9.90 Å². The van der Waals surface area contributed by atoms with Crippen LogP contribution in [0.3, 0.4) is 0 Å². The van der Waals surface area contributed by atoms with Gasteiger partial charge < -0.3 is 10.8 Å². The molecule has 0 spiro atoms. The molecule has 1 atom stereocenters. The minimum absolute atomic E-state index is 0. The normalized spacial score (nSPS) is 11.5. The van der Waals surface area contributed by atoms with Gasteiger partial charge in [0.25, 0.3) is 0 Å².